The van der Waals surface area contributed by atoms with Gasteiger partial charge >= 0.3 is 0 Å². The van der Waals surface area contributed by atoms with E-state index in [1.54, 1.807) is 5.57 Å². The Morgan fingerprint density at radius 1 is 1.19 bits per heavy atom. The maximum absolute atomic E-state index is 4.64. The van der Waals surface area contributed by atoms with Crippen molar-refractivity contribution in [1.82, 2.24) is 9.80 Å². The maximum atomic E-state index is 4.64. The lowest BCUT2D eigenvalue weighted by molar-refractivity contribution is 0.479. The van der Waals surface area contributed by atoms with Gasteiger partial charge in [-0.25, -0.2) is 0 Å². The van der Waals surface area contributed by atoms with Gasteiger partial charge < -0.3 is 9.80 Å². The molecule has 1 aliphatic carbocycles. The molecule has 0 heterocycles. The van der Waals surface area contributed by atoms with Crippen molar-refractivity contribution >= 4 is 5.96 Å². The molecule has 0 saturated carbocycles. The molecular weight excluding hydrogens is 198 g/mol. The predicted molar refractivity (Wildman–Crippen MR) is 70.8 cm³/mol. The zero-order valence-electron chi connectivity index (χ0n) is 11.2. The minimum Gasteiger partial charge on any atom is -0.349 e. The first-order chi connectivity index (χ1) is 7.61. The van der Waals surface area contributed by atoms with E-state index in [2.05, 4.69) is 20.9 Å². The molecule has 1 aliphatic rings. The Hall–Kier alpha value is -0.990. The molecule has 0 fully saturated rings. The van der Waals surface area contributed by atoms with E-state index in [1.807, 2.05) is 28.2 Å². The topological polar surface area (TPSA) is 18.8 Å². The lowest BCUT2D eigenvalue weighted by atomic mass is 9.97. The van der Waals surface area contributed by atoms with Crippen molar-refractivity contribution in [1.29, 1.82) is 0 Å². The minimum atomic E-state index is 0.914. The molecule has 0 aromatic carbocycles. The zero-order valence-corrected chi connectivity index (χ0v) is 11.2. The molecule has 0 radical (unpaired) electrons. The van der Waals surface area contributed by atoms with Crippen LogP contribution in [0.25, 0.3) is 0 Å². The van der Waals surface area contributed by atoms with Crippen LogP contribution in [0.4, 0.5) is 0 Å². The molecule has 0 atom stereocenters. The molecule has 0 aliphatic heterocycles. The average molecular weight is 223 g/mol. The van der Waals surface area contributed by atoms with Crippen molar-refractivity contribution in [3.05, 3.63) is 11.6 Å². The lowest BCUT2D eigenvalue weighted by Gasteiger charge is -2.22. The van der Waals surface area contributed by atoms with Gasteiger partial charge in [0, 0.05) is 34.7 Å². The van der Waals surface area contributed by atoms with Gasteiger partial charge in [0.05, 0.1) is 0 Å². The summed E-state index contributed by atoms with van der Waals surface area (Å²) in [6.45, 7) is 0.914. The van der Waals surface area contributed by atoms with Gasteiger partial charge in [0.15, 0.2) is 5.96 Å². The van der Waals surface area contributed by atoms with E-state index >= 15 is 0 Å². The summed E-state index contributed by atoms with van der Waals surface area (Å²) in [6.07, 6.45) is 8.83. The van der Waals surface area contributed by atoms with Gasteiger partial charge in [-0.3, -0.25) is 4.99 Å². The normalized spacial score (nSPS) is 15.4. The van der Waals surface area contributed by atoms with Crippen LogP contribution in [-0.4, -0.2) is 50.5 Å². The molecule has 0 saturated heterocycles. The largest absolute Gasteiger partial charge is 0.349 e. The summed E-state index contributed by atoms with van der Waals surface area (Å²) < 4.78 is 0. The first-order valence-electron chi connectivity index (χ1n) is 6.18. The molecule has 3 nitrogen and oxygen atoms in total. The Morgan fingerprint density at radius 3 is 2.38 bits per heavy atom. The van der Waals surface area contributed by atoms with Crippen LogP contribution in [0.3, 0.4) is 0 Å². The second-order valence-electron chi connectivity index (χ2n) is 4.83. The molecular formula is C13H25N3. The van der Waals surface area contributed by atoms with Gasteiger partial charge in [0.25, 0.3) is 0 Å². The average Bonchev–Trinajstić information content (AvgIpc) is 2.24. The molecule has 0 unspecified atom stereocenters. The van der Waals surface area contributed by atoms with E-state index in [1.165, 1.54) is 25.7 Å². The van der Waals surface area contributed by atoms with E-state index in [0.717, 1.165) is 18.9 Å². The third-order valence-corrected chi connectivity index (χ3v) is 2.87. The van der Waals surface area contributed by atoms with E-state index in [-0.39, 0.29) is 0 Å². The summed E-state index contributed by atoms with van der Waals surface area (Å²) in [5, 5.41) is 0. The van der Waals surface area contributed by atoms with Crippen molar-refractivity contribution < 1.29 is 0 Å². The van der Waals surface area contributed by atoms with Crippen molar-refractivity contribution in [2.24, 2.45) is 4.99 Å². The summed E-state index contributed by atoms with van der Waals surface area (Å²) in [6, 6.07) is 0. The quantitative estimate of drug-likeness (QED) is 0.415. The number of aliphatic imine (C=N–C) groups is 1. The molecule has 0 aromatic rings. The van der Waals surface area contributed by atoms with Gasteiger partial charge in [0.1, 0.15) is 0 Å². The van der Waals surface area contributed by atoms with Crippen LogP contribution in [0.15, 0.2) is 16.6 Å². The third kappa shape index (κ3) is 4.25. The number of hydrogen-bond acceptors (Lipinski definition) is 1. The highest BCUT2D eigenvalue weighted by atomic mass is 15.3. The molecule has 3 heteroatoms. The highest BCUT2D eigenvalue weighted by molar-refractivity contribution is 5.79. The first-order valence-corrected chi connectivity index (χ1v) is 6.18. The number of hydrogen-bond donors (Lipinski definition) is 0. The van der Waals surface area contributed by atoms with E-state index < -0.39 is 0 Å². The number of rotatable bonds is 3. The van der Waals surface area contributed by atoms with Crippen molar-refractivity contribution in [3.63, 3.8) is 0 Å². The first kappa shape index (κ1) is 13.1. The predicted octanol–water partition coefficient (Wildman–Crippen LogP) is 2.36. The smallest absolute Gasteiger partial charge is 0.195 e. The molecule has 16 heavy (non-hydrogen) atoms. The van der Waals surface area contributed by atoms with Gasteiger partial charge in [0.2, 0.25) is 0 Å². The molecule has 0 bridgehead atoms. The molecule has 92 valence electrons. The van der Waals surface area contributed by atoms with Gasteiger partial charge in [-0.15, -0.1) is 0 Å². The number of nitrogens with zero attached hydrogens (tertiary/aromatic N) is 3. The summed E-state index contributed by atoms with van der Waals surface area (Å²) in [5.74, 6) is 1.05. The minimum absolute atomic E-state index is 0.914. The Morgan fingerprint density at radius 2 is 1.88 bits per heavy atom. The van der Waals surface area contributed by atoms with Gasteiger partial charge in [-0.2, -0.15) is 0 Å². The van der Waals surface area contributed by atoms with E-state index in [9.17, 15) is 0 Å². The van der Waals surface area contributed by atoms with Crippen molar-refractivity contribution in [2.75, 3.05) is 34.7 Å². The van der Waals surface area contributed by atoms with E-state index in [0.29, 0.717) is 0 Å². The Kier molecular flexibility index (Phi) is 5.36. The highest BCUT2D eigenvalue weighted by Gasteiger charge is 2.05. The highest BCUT2D eigenvalue weighted by Crippen LogP contribution is 2.19. The number of allylic oxidation sites excluding steroid dienone is 1. The fourth-order valence-corrected chi connectivity index (χ4v) is 2.11. The molecule has 1 rings (SSSR count). The van der Waals surface area contributed by atoms with Crippen LogP contribution in [0.2, 0.25) is 0 Å². The van der Waals surface area contributed by atoms with Crippen LogP contribution < -0.4 is 0 Å². The summed E-state index contributed by atoms with van der Waals surface area (Å²) in [4.78, 5) is 8.77. The third-order valence-electron chi connectivity index (χ3n) is 2.87. The van der Waals surface area contributed by atoms with Crippen LogP contribution in [0.5, 0.6) is 0 Å². The fourth-order valence-electron chi connectivity index (χ4n) is 2.11. The molecule has 0 amide bonds. The maximum Gasteiger partial charge on any atom is 0.195 e. The Labute approximate surface area is 99.8 Å². The van der Waals surface area contributed by atoms with Crippen LogP contribution >= 0.6 is 0 Å². The van der Waals surface area contributed by atoms with Gasteiger partial charge in [-0.05, 0) is 32.1 Å². The van der Waals surface area contributed by atoms with Crippen molar-refractivity contribution in [2.45, 2.75) is 32.1 Å². The van der Waals surface area contributed by atoms with Gasteiger partial charge in [-0.1, -0.05) is 11.6 Å². The fraction of sp³-hybridized carbons (Fsp3) is 0.769. The van der Waals surface area contributed by atoms with Crippen LogP contribution in [0, 0.1) is 0 Å². The summed E-state index contributed by atoms with van der Waals surface area (Å²) in [5.41, 5.74) is 1.60. The van der Waals surface area contributed by atoms with E-state index in [4.69, 9.17) is 0 Å². The monoisotopic (exact) mass is 223 g/mol. The summed E-state index contributed by atoms with van der Waals surface area (Å²) in [7, 11) is 8.16. The van der Waals surface area contributed by atoms with Crippen LogP contribution in [-0.2, 0) is 0 Å². The second-order valence-corrected chi connectivity index (χ2v) is 4.83. The zero-order chi connectivity index (χ0) is 12.0. The standard InChI is InChI=1S/C13H25N3/c1-15(2)13(16(3)4)14-11-10-12-8-6-5-7-9-12/h8H,5-7,9-11H2,1-4H3. The number of guanidine groups is 1. The Bertz CT molecular complexity index is 254. The van der Waals surface area contributed by atoms with Crippen molar-refractivity contribution in [3.8, 4) is 0 Å². The molecule has 0 N–H and O–H groups in total. The SMILES string of the molecule is CN(C)C(=NCCC1=CCCCC1)N(C)C. The summed E-state index contributed by atoms with van der Waals surface area (Å²) >= 11 is 0. The molecule has 0 spiro atoms. The Balaban J connectivity index is 2.41. The molecule has 0 aromatic heterocycles. The second kappa shape index (κ2) is 6.56. The lowest BCUT2D eigenvalue weighted by Crippen LogP contribution is -2.35. The van der Waals surface area contributed by atoms with Crippen LogP contribution in [0.1, 0.15) is 32.1 Å².